The minimum Gasteiger partial charge on any atom is -0.878 e. The number of hydrogen-bond acceptors (Lipinski definition) is 2. The predicted molar refractivity (Wildman–Crippen MR) is 26.9 cm³/mol. The molecule has 1 saturated carbocycles. The van der Waals surface area contributed by atoms with E-state index in [-0.39, 0.29) is 5.78 Å². The summed E-state index contributed by atoms with van der Waals surface area (Å²) in [6, 6.07) is 0. The Labute approximate surface area is 47.8 Å². The van der Waals surface area contributed by atoms with Gasteiger partial charge in [-0.3, -0.25) is 4.79 Å². The molecule has 0 atom stereocenters. The number of allylic oxidation sites excluding steroid dienone is 1. The van der Waals surface area contributed by atoms with Crippen molar-refractivity contribution in [2.24, 2.45) is 0 Å². The summed E-state index contributed by atoms with van der Waals surface area (Å²) in [4.78, 5) is 10.5. The monoisotopic (exact) mass is 111 g/mol. The fraction of sp³-hybridized carbons (Fsp3) is 0.500. The molecular formula is C6H7O2-. The predicted octanol–water partition coefficient (Wildman–Crippen LogP) is -0.0164. The molecule has 0 unspecified atom stereocenters. The Morgan fingerprint density at radius 2 is 2.25 bits per heavy atom. The maximum absolute atomic E-state index is 10.5. The molecule has 2 nitrogen and oxygen atoms in total. The quantitative estimate of drug-likeness (QED) is 0.325. The fourth-order valence-electron chi connectivity index (χ4n) is 0.864. The molecule has 8 heavy (non-hydrogen) atoms. The Morgan fingerprint density at radius 3 is 2.50 bits per heavy atom. The Balaban J connectivity index is 2.69. The van der Waals surface area contributed by atoms with Gasteiger partial charge in [-0.15, -0.1) is 6.26 Å². The summed E-state index contributed by atoms with van der Waals surface area (Å²) in [5, 5.41) is 9.96. The zero-order valence-electron chi connectivity index (χ0n) is 4.52. The Hall–Kier alpha value is -0.790. The zero-order chi connectivity index (χ0) is 5.98. The van der Waals surface area contributed by atoms with Crippen LogP contribution in [0.25, 0.3) is 0 Å². The van der Waals surface area contributed by atoms with E-state index in [0.29, 0.717) is 24.7 Å². The second-order valence-corrected chi connectivity index (χ2v) is 1.92. The first-order valence-electron chi connectivity index (χ1n) is 2.69. The smallest absolute Gasteiger partial charge is 0.157 e. The minimum absolute atomic E-state index is 0.0417. The van der Waals surface area contributed by atoms with Crippen molar-refractivity contribution in [1.82, 2.24) is 0 Å². The number of carbonyl (C=O) groups excluding carboxylic acids is 1. The molecule has 0 heterocycles. The van der Waals surface area contributed by atoms with Gasteiger partial charge in [-0.05, 0) is 18.4 Å². The molecule has 1 aliphatic rings. The van der Waals surface area contributed by atoms with Crippen LogP contribution in [0.3, 0.4) is 0 Å². The molecule has 0 spiro atoms. The molecule has 0 radical (unpaired) electrons. The van der Waals surface area contributed by atoms with E-state index in [9.17, 15) is 9.90 Å². The number of carbonyl (C=O) groups is 1. The molecule has 0 saturated heterocycles. The standard InChI is InChI=1S/C6H8O2/c7-4-5-2-1-3-6(5)8/h4,7H,1-3H2/p-1. The van der Waals surface area contributed by atoms with Crippen molar-refractivity contribution < 1.29 is 9.90 Å². The highest BCUT2D eigenvalue weighted by atomic mass is 16.2. The van der Waals surface area contributed by atoms with Crippen molar-refractivity contribution in [1.29, 1.82) is 0 Å². The van der Waals surface area contributed by atoms with Crippen molar-refractivity contribution in [2.45, 2.75) is 19.3 Å². The van der Waals surface area contributed by atoms with Crippen LogP contribution in [0, 0.1) is 0 Å². The van der Waals surface area contributed by atoms with E-state index in [1.807, 2.05) is 0 Å². The lowest BCUT2D eigenvalue weighted by molar-refractivity contribution is -0.276. The van der Waals surface area contributed by atoms with Crippen LogP contribution >= 0.6 is 0 Å². The van der Waals surface area contributed by atoms with Crippen LogP contribution in [0.1, 0.15) is 19.3 Å². The Morgan fingerprint density at radius 1 is 1.50 bits per heavy atom. The van der Waals surface area contributed by atoms with Gasteiger partial charge in [0.05, 0.1) is 0 Å². The summed E-state index contributed by atoms with van der Waals surface area (Å²) in [5.41, 5.74) is 0.477. The molecule has 44 valence electrons. The van der Waals surface area contributed by atoms with Crippen molar-refractivity contribution in [3.8, 4) is 0 Å². The third-order valence-corrected chi connectivity index (χ3v) is 1.35. The summed E-state index contributed by atoms with van der Waals surface area (Å²) in [6.07, 6.45) is 2.82. The highest BCUT2D eigenvalue weighted by molar-refractivity contribution is 5.96. The van der Waals surface area contributed by atoms with Gasteiger partial charge < -0.3 is 5.11 Å². The molecular weight excluding hydrogens is 104 g/mol. The fourth-order valence-corrected chi connectivity index (χ4v) is 0.864. The average molecular weight is 111 g/mol. The van der Waals surface area contributed by atoms with Crippen LogP contribution in [0.5, 0.6) is 0 Å². The first kappa shape index (κ1) is 5.35. The van der Waals surface area contributed by atoms with Crippen LogP contribution in [0.2, 0.25) is 0 Å². The van der Waals surface area contributed by atoms with Gasteiger partial charge >= 0.3 is 0 Å². The van der Waals surface area contributed by atoms with Crippen LogP contribution < -0.4 is 5.11 Å². The summed E-state index contributed by atoms with van der Waals surface area (Å²) < 4.78 is 0. The molecule has 0 bridgehead atoms. The summed E-state index contributed by atoms with van der Waals surface area (Å²) in [7, 11) is 0. The second kappa shape index (κ2) is 1.99. The van der Waals surface area contributed by atoms with E-state index in [0.717, 1.165) is 6.42 Å². The van der Waals surface area contributed by atoms with Crippen molar-refractivity contribution in [3.05, 3.63) is 11.8 Å². The topological polar surface area (TPSA) is 40.1 Å². The molecule has 2 heteroatoms. The van der Waals surface area contributed by atoms with Gasteiger partial charge in [0, 0.05) is 6.42 Å². The first-order chi connectivity index (χ1) is 3.84. The normalized spacial score (nSPS) is 25.0. The van der Waals surface area contributed by atoms with E-state index in [1.165, 1.54) is 0 Å². The van der Waals surface area contributed by atoms with Crippen LogP contribution in [0.4, 0.5) is 0 Å². The van der Waals surface area contributed by atoms with Crippen molar-refractivity contribution >= 4 is 5.78 Å². The van der Waals surface area contributed by atoms with Gasteiger partial charge in [-0.1, -0.05) is 0 Å². The third kappa shape index (κ3) is 0.735. The van der Waals surface area contributed by atoms with Crippen molar-refractivity contribution in [2.75, 3.05) is 0 Å². The second-order valence-electron chi connectivity index (χ2n) is 1.92. The molecule has 0 aromatic heterocycles. The Bertz CT molecular complexity index is 135. The lowest BCUT2D eigenvalue weighted by atomic mass is 10.2. The molecule has 1 aliphatic carbocycles. The molecule has 0 aromatic carbocycles. The molecule has 0 amide bonds. The SMILES string of the molecule is O=C1CCCC1=C[O-]. The number of hydrogen-bond donors (Lipinski definition) is 0. The van der Waals surface area contributed by atoms with Gasteiger partial charge in [-0.25, -0.2) is 0 Å². The van der Waals surface area contributed by atoms with E-state index in [4.69, 9.17) is 0 Å². The van der Waals surface area contributed by atoms with Gasteiger partial charge in [0.1, 0.15) is 0 Å². The van der Waals surface area contributed by atoms with E-state index in [2.05, 4.69) is 0 Å². The van der Waals surface area contributed by atoms with Gasteiger partial charge in [0.15, 0.2) is 5.78 Å². The number of Topliss-reactive ketones (excluding diaryl/α,β-unsaturated/α-hetero) is 1. The summed E-state index contributed by atoms with van der Waals surface area (Å²) in [5.74, 6) is 0.0417. The van der Waals surface area contributed by atoms with Gasteiger partial charge in [-0.2, -0.15) is 0 Å². The van der Waals surface area contributed by atoms with E-state index in [1.54, 1.807) is 0 Å². The van der Waals surface area contributed by atoms with Crippen molar-refractivity contribution in [3.63, 3.8) is 0 Å². The minimum atomic E-state index is 0.0417. The summed E-state index contributed by atoms with van der Waals surface area (Å²) in [6.45, 7) is 0. The largest absolute Gasteiger partial charge is 0.878 e. The maximum atomic E-state index is 10.5. The molecule has 1 rings (SSSR count). The van der Waals surface area contributed by atoms with E-state index >= 15 is 0 Å². The first-order valence-corrected chi connectivity index (χ1v) is 2.69. The highest BCUT2D eigenvalue weighted by Crippen LogP contribution is 2.18. The Kier molecular flexibility index (Phi) is 1.33. The average Bonchev–Trinajstić information content (AvgIpc) is 2.14. The van der Waals surface area contributed by atoms with Gasteiger partial charge in [0.25, 0.3) is 0 Å². The van der Waals surface area contributed by atoms with Crippen LogP contribution in [-0.2, 0) is 4.79 Å². The lowest BCUT2D eigenvalue weighted by Gasteiger charge is -1.94. The summed E-state index contributed by atoms with van der Waals surface area (Å²) >= 11 is 0. The molecule has 0 aliphatic heterocycles. The zero-order valence-corrected chi connectivity index (χ0v) is 4.52. The van der Waals surface area contributed by atoms with Gasteiger partial charge in [0.2, 0.25) is 0 Å². The van der Waals surface area contributed by atoms with Crippen LogP contribution in [-0.4, -0.2) is 5.78 Å². The molecule has 0 aromatic rings. The highest BCUT2D eigenvalue weighted by Gasteiger charge is 2.13. The molecule has 1 fully saturated rings. The number of ketones is 1. The lowest BCUT2D eigenvalue weighted by Crippen LogP contribution is -1.97. The van der Waals surface area contributed by atoms with E-state index < -0.39 is 0 Å². The third-order valence-electron chi connectivity index (χ3n) is 1.35. The maximum Gasteiger partial charge on any atom is 0.157 e. The van der Waals surface area contributed by atoms with Crippen LogP contribution in [0.15, 0.2) is 11.8 Å². The number of rotatable bonds is 0. The molecule has 0 N–H and O–H groups in total.